The smallest absolute Gasteiger partial charge is 0.416 e. The average molecular weight is 402 g/mol. The van der Waals surface area contributed by atoms with Crippen LogP contribution in [0.2, 0.25) is 0 Å². The van der Waals surface area contributed by atoms with E-state index in [1.54, 1.807) is 13.0 Å². The molecule has 0 aliphatic rings. The summed E-state index contributed by atoms with van der Waals surface area (Å²) in [6.45, 7) is 1.57. The first-order valence-corrected chi connectivity index (χ1v) is 7.28. The third-order valence-electron chi connectivity index (χ3n) is 3.45. The van der Waals surface area contributed by atoms with Crippen molar-refractivity contribution in [2.45, 2.75) is 13.1 Å². The number of nitrogen functional groups attached to an aromatic ring is 1. The van der Waals surface area contributed by atoms with Crippen LogP contribution in [0.3, 0.4) is 0 Å². The summed E-state index contributed by atoms with van der Waals surface area (Å²) < 4.78 is 45.2. The lowest BCUT2D eigenvalue weighted by Crippen LogP contribution is -2.13. The van der Waals surface area contributed by atoms with Gasteiger partial charge in [-0.2, -0.15) is 18.4 Å². The van der Waals surface area contributed by atoms with Gasteiger partial charge in [0.25, 0.3) is 0 Å². The number of hydrogen-bond donors (Lipinski definition) is 1. The Morgan fingerprint density at radius 3 is 2.54 bits per heavy atom. The van der Waals surface area contributed by atoms with E-state index >= 15 is 0 Å². The Labute approximate surface area is 143 Å². The fourth-order valence-electron chi connectivity index (χ4n) is 2.18. The third-order valence-corrected chi connectivity index (χ3v) is 4.27. The Morgan fingerprint density at radius 2 is 2.04 bits per heavy atom. The topological polar surface area (TPSA) is 81.0 Å². The van der Waals surface area contributed by atoms with Crippen molar-refractivity contribution in [2.24, 2.45) is 0 Å². The van der Waals surface area contributed by atoms with E-state index in [0.717, 1.165) is 23.8 Å². The number of carbonyl (C=O) groups excluding carboxylic acids is 1. The van der Waals surface area contributed by atoms with E-state index in [-0.39, 0.29) is 27.1 Å². The Hall–Kier alpha value is -2.47. The second-order valence-electron chi connectivity index (χ2n) is 4.88. The maximum atomic E-state index is 13.1. The molecule has 0 atom stereocenters. The molecule has 9 heteroatoms. The van der Waals surface area contributed by atoms with Gasteiger partial charge in [0.05, 0.1) is 29.6 Å². The van der Waals surface area contributed by atoms with E-state index in [0.29, 0.717) is 5.56 Å². The second kappa shape index (κ2) is 6.20. The highest BCUT2D eigenvalue weighted by atomic mass is 79.9. The number of anilines is 1. The number of alkyl halides is 3. The van der Waals surface area contributed by atoms with E-state index in [9.17, 15) is 18.0 Å². The molecule has 0 saturated carbocycles. The molecule has 0 fully saturated rings. The van der Waals surface area contributed by atoms with Crippen LogP contribution in [0.4, 0.5) is 18.9 Å². The summed E-state index contributed by atoms with van der Waals surface area (Å²) in [6, 6.07) is 3.62. The van der Waals surface area contributed by atoms with Gasteiger partial charge in [0.1, 0.15) is 6.07 Å². The lowest BCUT2D eigenvalue weighted by Gasteiger charge is -2.16. The SMILES string of the molecule is COC(=O)c1c(N)c(C#N)cn1-c1cc(C(F)(F)F)cc(Br)c1C. The molecule has 0 aliphatic heterocycles. The number of esters is 1. The summed E-state index contributed by atoms with van der Waals surface area (Å²) in [6.07, 6.45) is -3.37. The maximum Gasteiger partial charge on any atom is 0.416 e. The van der Waals surface area contributed by atoms with Crippen molar-refractivity contribution in [2.75, 3.05) is 12.8 Å². The summed E-state index contributed by atoms with van der Waals surface area (Å²) >= 11 is 3.08. The van der Waals surface area contributed by atoms with Crippen molar-refractivity contribution < 1.29 is 22.7 Å². The number of nitrogens with zero attached hydrogens (tertiary/aromatic N) is 2. The summed E-state index contributed by atoms with van der Waals surface area (Å²) in [7, 11) is 1.11. The molecule has 1 aromatic carbocycles. The molecule has 0 saturated heterocycles. The molecule has 0 amide bonds. The first kappa shape index (κ1) is 17.9. The van der Waals surface area contributed by atoms with Gasteiger partial charge >= 0.3 is 12.1 Å². The van der Waals surface area contributed by atoms with Crippen LogP contribution < -0.4 is 5.73 Å². The van der Waals surface area contributed by atoms with Crippen molar-refractivity contribution in [3.63, 3.8) is 0 Å². The Kier molecular flexibility index (Phi) is 4.62. The third kappa shape index (κ3) is 2.97. The van der Waals surface area contributed by atoms with Crippen LogP contribution in [0.15, 0.2) is 22.8 Å². The Balaban J connectivity index is 2.84. The molecule has 2 N–H and O–H groups in total. The minimum atomic E-state index is -4.58. The number of methoxy groups -OCH3 is 1. The number of nitrogens with two attached hydrogens (primary N) is 1. The van der Waals surface area contributed by atoms with Gasteiger partial charge in [0.2, 0.25) is 0 Å². The van der Waals surface area contributed by atoms with Crippen molar-refractivity contribution in [1.82, 2.24) is 4.57 Å². The molecule has 0 unspecified atom stereocenters. The number of ether oxygens (including phenoxy) is 1. The monoisotopic (exact) mass is 401 g/mol. The van der Waals surface area contributed by atoms with Gasteiger partial charge in [-0.15, -0.1) is 0 Å². The molecule has 0 radical (unpaired) electrons. The van der Waals surface area contributed by atoms with Crippen molar-refractivity contribution >= 4 is 27.6 Å². The van der Waals surface area contributed by atoms with Crippen LogP contribution in [-0.2, 0) is 10.9 Å². The zero-order valence-electron chi connectivity index (χ0n) is 12.5. The normalized spacial score (nSPS) is 11.2. The summed E-state index contributed by atoms with van der Waals surface area (Å²) in [4.78, 5) is 12.0. The van der Waals surface area contributed by atoms with Crippen LogP contribution in [0.1, 0.15) is 27.2 Å². The number of benzene rings is 1. The summed E-state index contributed by atoms with van der Waals surface area (Å²) in [5.41, 5.74) is 4.96. The van der Waals surface area contributed by atoms with Gasteiger partial charge in [-0.1, -0.05) is 15.9 Å². The summed E-state index contributed by atoms with van der Waals surface area (Å²) in [5.74, 6) is -0.859. The lowest BCUT2D eigenvalue weighted by atomic mass is 10.1. The molecule has 2 aromatic rings. The number of halogens is 4. The molecular weight excluding hydrogens is 391 g/mol. The Morgan fingerprint density at radius 1 is 1.42 bits per heavy atom. The molecule has 126 valence electrons. The highest BCUT2D eigenvalue weighted by molar-refractivity contribution is 9.10. The van der Waals surface area contributed by atoms with Gasteiger partial charge < -0.3 is 15.0 Å². The molecule has 1 heterocycles. The number of nitriles is 1. The van der Waals surface area contributed by atoms with Crippen molar-refractivity contribution in [3.05, 3.63) is 45.2 Å². The van der Waals surface area contributed by atoms with Crippen molar-refractivity contribution in [3.8, 4) is 11.8 Å². The van der Waals surface area contributed by atoms with E-state index in [1.807, 2.05) is 0 Å². The molecule has 0 bridgehead atoms. The predicted octanol–water partition coefficient (Wildman–Crippen LogP) is 3.81. The van der Waals surface area contributed by atoms with E-state index in [1.165, 1.54) is 6.20 Å². The number of rotatable bonds is 2. The van der Waals surface area contributed by atoms with E-state index in [2.05, 4.69) is 20.7 Å². The lowest BCUT2D eigenvalue weighted by molar-refractivity contribution is -0.137. The average Bonchev–Trinajstić information content (AvgIpc) is 2.84. The molecule has 0 aliphatic carbocycles. The fourth-order valence-corrected chi connectivity index (χ4v) is 2.63. The highest BCUT2D eigenvalue weighted by Gasteiger charge is 2.32. The summed E-state index contributed by atoms with van der Waals surface area (Å²) in [5, 5.41) is 9.08. The standard InChI is InChI=1S/C15H11BrF3N3O2/c1-7-10(16)3-9(15(17,18)19)4-11(7)22-6-8(5-20)12(21)13(22)14(23)24-2/h3-4,6H,21H2,1-2H3. The first-order chi connectivity index (χ1) is 11.1. The number of hydrogen-bond acceptors (Lipinski definition) is 4. The largest absolute Gasteiger partial charge is 0.464 e. The Bertz CT molecular complexity index is 866. The zero-order valence-corrected chi connectivity index (χ0v) is 14.1. The molecule has 24 heavy (non-hydrogen) atoms. The molecule has 2 rings (SSSR count). The molecule has 5 nitrogen and oxygen atoms in total. The van der Waals surface area contributed by atoms with Crippen LogP contribution >= 0.6 is 15.9 Å². The minimum Gasteiger partial charge on any atom is -0.464 e. The molecular formula is C15H11BrF3N3O2. The number of carbonyl (C=O) groups is 1. The van der Waals surface area contributed by atoms with Crippen molar-refractivity contribution in [1.29, 1.82) is 5.26 Å². The van der Waals surface area contributed by atoms with Crippen LogP contribution in [0.25, 0.3) is 5.69 Å². The van der Waals surface area contributed by atoms with Gasteiger partial charge in [0, 0.05) is 10.7 Å². The number of aromatic nitrogens is 1. The van der Waals surface area contributed by atoms with Gasteiger partial charge in [-0.25, -0.2) is 4.79 Å². The second-order valence-corrected chi connectivity index (χ2v) is 5.73. The van der Waals surface area contributed by atoms with Gasteiger partial charge in [0.15, 0.2) is 5.69 Å². The quantitative estimate of drug-likeness (QED) is 0.775. The maximum absolute atomic E-state index is 13.1. The van der Waals surface area contributed by atoms with Crippen LogP contribution in [0, 0.1) is 18.3 Å². The van der Waals surface area contributed by atoms with E-state index < -0.39 is 17.7 Å². The first-order valence-electron chi connectivity index (χ1n) is 6.48. The predicted molar refractivity (Wildman–Crippen MR) is 83.7 cm³/mol. The zero-order chi connectivity index (χ0) is 18.2. The van der Waals surface area contributed by atoms with Crippen LogP contribution in [0.5, 0.6) is 0 Å². The van der Waals surface area contributed by atoms with Gasteiger partial charge in [-0.3, -0.25) is 0 Å². The minimum absolute atomic E-state index is 0.0386. The highest BCUT2D eigenvalue weighted by Crippen LogP contribution is 2.36. The fraction of sp³-hybridized carbons (Fsp3) is 0.200. The molecule has 1 aromatic heterocycles. The van der Waals surface area contributed by atoms with E-state index in [4.69, 9.17) is 11.0 Å². The van der Waals surface area contributed by atoms with Gasteiger partial charge in [-0.05, 0) is 24.6 Å². The molecule has 0 spiro atoms. The van der Waals surface area contributed by atoms with Crippen LogP contribution in [-0.4, -0.2) is 17.6 Å².